The first-order valence-electron chi connectivity index (χ1n) is 8.96. The molecular weight excluding hydrogens is 372 g/mol. The Bertz CT molecular complexity index is 1350. The molecule has 0 fully saturated rings. The van der Waals surface area contributed by atoms with Crippen LogP contribution in [0.4, 0.5) is 0 Å². The van der Waals surface area contributed by atoms with E-state index in [1.54, 1.807) is 12.3 Å². The van der Waals surface area contributed by atoms with Crippen LogP contribution in [0.3, 0.4) is 0 Å². The Hall–Kier alpha value is -3.26. The van der Waals surface area contributed by atoms with Crippen molar-refractivity contribution in [3.63, 3.8) is 0 Å². The largest absolute Gasteiger partial charge is 0.507 e. The number of nitrogens with one attached hydrogen (secondary N) is 1. The van der Waals surface area contributed by atoms with E-state index in [0.29, 0.717) is 16.5 Å². The Morgan fingerprint density at radius 1 is 1.18 bits per heavy atom. The van der Waals surface area contributed by atoms with Gasteiger partial charge in [-0.2, -0.15) is 5.10 Å². The lowest BCUT2D eigenvalue weighted by molar-refractivity contribution is 0.477. The molecule has 5 aromatic rings. The van der Waals surface area contributed by atoms with E-state index in [9.17, 15) is 5.11 Å². The van der Waals surface area contributed by atoms with E-state index in [0.717, 1.165) is 23.0 Å². The molecule has 3 heterocycles. The van der Waals surface area contributed by atoms with Gasteiger partial charge in [-0.1, -0.05) is 6.92 Å². The van der Waals surface area contributed by atoms with E-state index < -0.39 is 0 Å². The van der Waals surface area contributed by atoms with Crippen molar-refractivity contribution in [1.82, 2.24) is 29.5 Å². The molecule has 2 aromatic carbocycles. The molecule has 0 aliphatic carbocycles. The molecule has 0 aliphatic heterocycles. The van der Waals surface area contributed by atoms with Crippen LogP contribution in [-0.4, -0.2) is 34.6 Å². The number of hydrogen-bond acceptors (Lipinski definition) is 5. The first kappa shape index (κ1) is 16.9. The lowest BCUT2D eigenvalue weighted by atomic mass is 10.1. The van der Waals surface area contributed by atoms with E-state index in [1.165, 1.54) is 16.5 Å². The molecule has 0 unspecified atom stereocenters. The fraction of sp³-hybridized carbons (Fsp3) is 0.150. The van der Waals surface area contributed by atoms with Crippen LogP contribution in [0.1, 0.15) is 12.5 Å². The number of thiol groups is 1. The summed E-state index contributed by atoms with van der Waals surface area (Å²) in [7, 11) is 2.05. The third kappa shape index (κ3) is 2.41. The average Bonchev–Trinajstić information content (AvgIpc) is 3.38. The van der Waals surface area contributed by atoms with Crippen molar-refractivity contribution in [2.45, 2.75) is 18.5 Å². The van der Waals surface area contributed by atoms with E-state index in [4.69, 9.17) is 0 Å². The Morgan fingerprint density at radius 3 is 2.86 bits per heavy atom. The van der Waals surface area contributed by atoms with Gasteiger partial charge in [-0.05, 0) is 36.2 Å². The van der Waals surface area contributed by atoms with Crippen LogP contribution >= 0.6 is 12.6 Å². The predicted molar refractivity (Wildman–Crippen MR) is 111 cm³/mol. The van der Waals surface area contributed by atoms with Gasteiger partial charge in [0.05, 0.1) is 23.0 Å². The van der Waals surface area contributed by atoms with E-state index in [2.05, 4.69) is 62.8 Å². The Labute approximate surface area is 166 Å². The summed E-state index contributed by atoms with van der Waals surface area (Å²) in [5.41, 5.74) is 4.67. The van der Waals surface area contributed by atoms with Gasteiger partial charge >= 0.3 is 0 Å². The number of rotatable bonds is 3. The number of nitrogens with zero attached hydrogens (tertiary/aromatic N) is 5. The van der Waals surface area contributed by atoms with Gasteiger partial charge in [0.15, 0.2) is 11.0 Å². The summed E-state index contributed by atoms with van der Waals surface area (Å²) in [6, 6.07) is 9.71. The first-order valence-corrected chi connectivity index (χ1v) is 9.40. The van der Waals surface area contributed by atoms with Gasteiger partial charge in [0.25, 0.3) is 0 Å². The van der Waals surface area contributed by atoms with Crippen molar-refractivity contribution in [1.29, 1.82) is 0 Å². The molecule has 3 aromatic heterocycles. The van der Waals surface area contributed by atoms with Crippen molar-refractivity contribution < 1.29 is 5.11 Å². The number of H-pyrrole nitrogens is 1. The van der Waals surface area contributed by atoms with Gasteiger partial charge in [-0.3, -0.25) is 9.67 Å². The maximum atomic E-state index is 10.6. The highest BCUT2D eigenvalue weighted by Gasteiger charge is 2.19. The number of hydrogen-bond donors (Lipinski definition) is 3. The van der Waals surface area contributed by atoms with E-state index in [1.807, 2.05) is 23.7 Å². The van der Waals surface area contributed by atoms with Crippen LogP contribution < -0.4 is 0 Å². The average molecular weight is 390 g/mol. The maximum Gasteiger partial charge on any atom is 0.193 e. The lowest BCUT2D eigenvalue weighted by Crippen LogP contribution is -1.99. The molecule has 8 heteroatoms. The monoisotopic (exact) mass is 390 g/mol. The molecule has 0 spiro atoms. The third-order valence-corrected chi connectivity index (χ3v) is 5.43. The van der Waals surface area contributed by atoms with Gasteiger partial charge in [-0.15, -0.1) is 22.8 Å². The van der Waals surface area contributed by atoms with Gasteiger partial charge in [0.2, 0.25) is 0 Å². The summed E-state index contributed by atoms with van der Waals surface area (Å²) < 4.78 is 3.97. The number of aromatic amines is 1. The number of benzene rings is 2. The molecule has 0 amide bonds. The molecule has 0 bridgehead atoms. The van der Waals surface area contributed by atoms with E-state index in [-0.39, 0.29) is 5.75 Å². The fourth-order valence-electron chi connectivity index (χ4n) is 3.73. The molecule has 0 saturated heterocycles. The summed E-state index contributed by atoms with van der Waals surface area (Å²) in [6.07, 6.45) is 4.81. The van der Waals surface area contributed by atoms with Crippen molar-refractivity contribution in [2.75, 3.05) is 0 Å². The van der Waals surface area contributed by atoms with Gasteiger partial charge in [0, 0.05) is 35.6 Å². The Morgan fingerprint density at radius 2 is 2.04 bits per heavy atom. The lowest BCUT2D eigenvalue weighted by Gasteiger charge is -2.11. The Kier molecular flexibility index (Phi) is 3.70. The minimum Gasteiger partial charge on any atom is -0.507 e. The number of aromatic hydroxyl groups is 1. The molecule has 0 aliphatic rings. The number of aryl methyl sites for hydroxylation is 2. The Balaban J connectivity index is 1.74. The number of aromatic nitrogens is 6. The molecule has 2 N–H and O–H groups in total. The number of fused-ring (bicyclic) bond motifs is 2. The second-order valence-corrected chi connectivity index (χ2v) is 7.21. The van der Waals surface area contributed by atoms with Crippen molar-refractivity contribution >= 4 is 34.4 Å². The smallest absolute Gasteiger partial charge is 0.193 e. The minimum absolute atomic E-state index is 0.105. The fourth-order valence-corrected chi connectivity index (χ4v) is 3.98. The summed E-state index contributed by atoms with van der Waals surface area (Å²) in [5, 5.41) is 28.4. The third-order valence-electron chi connectivity index (χ3n) is 5.14. The molecule has 5 rings (SSSR count). The zero-order valence-electron chi connectivity index (χ0n) is 15.4. The summed E-state index contributed by atoms with van der Waals surface area (Å²) in [4.78, 5) is 0. The highest BCUT2D eigenvalue weighted by atomic mass is 32.1. The maximum absolute atomic E-state index is 10.6. The summed E-state index contributed by atoms with van der Waals surface area (Å²) in [5.74, 6) is 0.632. The van der Waals surface area contributed by atoms with Gasteiger partial charge < -0.3 is 9.67 Å². The zero-order chi connectivity index (χ0) is 19.4. The van der Waals surface area contributed by atoms with Crippen molar-refractivity contribution in [3.05, 3.63) is 48.3 Å². The molecule has 7 nitrogen and oxygen atoms in total. The second kappa shape index (κ2) is 6.13. The summed E-state index contributed by atoms with van der Waals surface area (Å²) >= 11 is 4.51. The minimum atomic E-state index is 0.105. The van der Waals surface area contributed by atoms with Gasteiger partial charge in [0.1, 0.15) is 5.75 Å². The van der Waals surface area contributed by atoms with Crippen LogP contribution in [0.2, 0.25) is 0 Å². The van der Waals surface area contributed by atoms with Gasteiger partial charge in [-0.25, -0.2) is 0 Å². The van der Waals surface area contributed by atoms with Crippen molar-refractivity contribution in [3.8, 4) is 22.8 Å². The summed E-state index contributed by atoms with van der Waals surface area (Å²) in [6.45, 7) is 2.15. The van der Waals surface area contributed by atoms with Crippen LogP contribution in [0.5, 0.6) is 5.75 Å². The number of phenolic OH excluding ortho intramolecular Hbond substituents is 1. The SMILES string of the molecule is CCc1cn(C)c2ccc(-n3c(S)nnc3-c3cc4cn[nH]c4cc3O)cc12. The standard InChI is InChI=1S/C20H18N6OS/c1-3-11-10-25(2)17-5-4-13(7-14(11)17)26-19(23-24-20(26)28)15-6-12-9-21-22-16(12)8-18(15)27/h4-10,27H,3H2,1-2H3,(H,21,22)(H,24,28). The highest BCUT2D eigenvalue weighted by molar-refractivity contribution is 7.80. The quantitative estimate of drug-likeness (QED) is 0.409. The molecule has 0 atom stereocenters. The topological polar surface area (TPSA) is 84.5 Å². The number of phenols is 1. The molecule has 28 heavy (non-hydrogen) atoms. The molecule has 0 radical (unpaired) electrons. The van der Waals surface area contributed by atoms with E-state index >= 15 is 0 Å². The normalized spacial score (nSPS) is 11.7. The predicted octanol–water partition coefficient (Wildman–Crippen LogP) is 3.86. The van der Waals surface area contributed by atoms with Crippen LogP contribution in [-0.2, 0) is 13.5 Å². The van der Waals surface area contributed by atoms with Crippen LogP contribution in [0.15, 0.2) is 47.9 Å². The first-order chi connectivity index (χ1) is 13.6. The molecular formula is C20H18N6OS. The highest BCUT2D eigenvalue weighted by Crippen LogP contribution is 2.35. The molecule has 0 saturated carbocycles. The molecule has 140 valence electrons. The van der Waals surface area contributed by atoms with Crippen LogP contribution in [0, 0.1) is 0 Å². The zero-order valence-corrected chi connectivity index (χ0v) is 16.3. The van der Waals surface area contributed by atoms with Crippen LogP contribution in [0.25, 0.3) is 38.9 Å². The second-order valence-electron chi connectivity index (χ2n) is 6.81. The van der Waals surface area contributed by atoms with Crippen molar-refractivity contribution in [2.24, 2.45) is 7.05 Å².